The molecule has 0 saturated heterocycles. The largest absolute Gasteiger partial charge is 0.457 e. The van der Waals surface area contributed by atoms with Gasteiger partial charge in [-0.1, -0.05) is 176 Å². The van der Waals surface area contributed by atoms with Crippen LogP contribution in [0.25, 0.3) is 44.2 Å². The summed E-state index contributed by atoms with van der Waals surface area (Å²) < 4.78 is 6.91. The third-order valence-electron chi connectivity index (χ3n) is 12.6. The van der Waals surface area contributed by atoms with Gasteiger partial charge >= 0.3 is 0 Å². The van der Waals surface area contributed by atoms with Gasteiger partial charge in [0.2, 0.25) is 0 Å². The number of rotatable bonds is 3. The Morgan fingerprint density at radius 2 is 0.764 bits per heavy atom. The maximum atomic E-state index is 6.91. The lowest BCUT2D eigenvalue weighted by molar-refractivity contribution is 0.435. The second-order valence-corrected chi connectivity index (χ2v) is 15.1. The summed E-state index contributed by atoms with van der Waals surface area (Å²) in [6.45, 7) is 0. The zero-order valence-electron chi connectivity index (χ0n) is 30.0. The molecule has 0 N–H and O–H groups in total. The van der Waals surface area contributed by atoms with Crippen LogP contribution >= 0.6 is 0 Å². The van der Waals surface area contributed by atoms with Gasteiger partial charge in [-0.25, -0.2) is 0 Å². The first-order valence-electron chi connectivity index (χ1n) is 19.2. The maximum Gasteiger partial charge on any atom is 0.132 e. The maximum absolute atomic E-state index is 6.91. The summed E-state index contributed by atoms with van der Waals surface area (Å²) in [4.78, 5) is 0. The summed E-state index contributed by atoms with van der Waals surface area (Å²) in [5.74, 6) is 1.76. The van der Waals surface area contributed by atoms with Crippen LogP contribution in [-0.4, -0.2) is 0 Å². The minimum absolute atomic E-state index is 0.433. The predicted molar refractivity (Wildman–Crippen MR) is 224 cm³/mol. The van der Waals surface area contributed by atoms with Crippen molar-refractivity contribution < 1.29 is 4.74 Å². The molecule has 0 bridgehead atoms. The van der Waals surface area contributed by atoms with E-state index < -0.39 is 10.8 Å². The average molecular weight is 699 g/mol. The van der Waals surface area contributed by atoms with E-state index in [2.05, 4.69) is 206 Å². The molecule has 55 heavy (non-hydrogen) atoms. The molecule has 0 radical (unpaired) electrons. The van der Waals surface area contributed by atoms with Gasteiger partial charge in [-0.3, -0.25) is 0 Å². The number of hydrogen-bond donors (Lipinski definition) is 0. The lowest BCUT2D eigenvalue weighted by atomic mass is 9.63. The van der Waals surface area contributed by atoms with Gasteiger partial charge < -0.3 is 4.74 Å². The quantitative estimate of drug-likeness (QED) is 0.178. The van der Waals surface area contributed by atoms with Crippen molar-refractivity contribution in [1.82, 2.24) is 0 Å². The Morgan fingerprint density at radius 1 is 0.273 bits per heavy atom. The van der Waals surface area contributed by atoms with Crippen molar-refractivity contribution in [3.05, 3.63) is 251 Å². The van der Waals surface area contributed by atoms with Gasteiger partial charge in [0.25, 0.3) is 0 Å². The molecule has 0 atom stereocenters. The zero-order valence-corrected chi connectivity index (χ0v) is 30.0. The summed E-state index contributed by atoms with van der Waals surface area (Å²) in [5, 5.41) is 2.53. The van der Waals surface area contributed by atoms with Gasteiger partial charge in [-0.05, 0) is 108 Å². The minimum Gasteiger partial charge on any atom is -0.457 e. The second-order valence-electron chi connectivity index (χ2n) is 15.1. The molecule has 1 spiro atoms. The molecule has 2 aliphatic carbocycles. The minimum atomic E-state index is -0.547. The summed E-state index contributed by atoms with van der Waals surface area (Å²) in [6, 6.07) is 76.1. The predicted octanol–water partition coefficient (Wildman–Crippen LogP) is 13.3. The van der Waals surface area contributed by atoms with Crippen LogP contribution in [0, 0.1) is 0 Å². The van der Waals surface area contributed by atoms with Crippen molar-refractivity contribution in [3.63, 3.8) is 0 Å². The fourth-order valence-electron chi connectivity index (χ4n) is 10.4. The van der Waals surface area contributed by atoms with E-state index in [1.807, 2.05) is 0 Å². The highest BCUT2D eigenvalue weighted by Crippen LogP contribution is 2.64. The smallest absolute Gasteiger partial charge is 0.132 e. The van der Waals surface area contributed by atoms with Crippen LogP contribution in [0.3, 0.4) is 0 Å². The van der Waals surface area contributed by atoms with E-state index in [1.165, 1.54) is 72.0 Å². The first kappa shape index (κ1) is 30.5. The van der Waals surface area contributed by atoms with Crippen molar-refractivity contribution in [1.29, 1.82) is 0 Å². The van der Waals surface area contributed by atoms with E-state index in [-0.39, 0.29) is 0 Å². The molecule has 9 aromatic rings. The second kappa shape index (κ2) is 11.3. The van der Waals surface area contributed by atoms with Crippen LogP contribution in [0.4, 0.5) is 0 Å². The molecule has 0 saturated carbocycles. The normalized spacial score (nSPS) is 14.6. The Hall–Kier alpha value is -6.96. The standard InChI is InChI=1S/C54H34O/c1-3-17-39(18-4-1)53(40-19-5-2-6-20-40)47-25-13-14-26-51(47)55-52-34-38(28-30-48(52)53)37-27-29-43-44-31-35-15-7-8-16-36(35)32-50(44)54(49(43)33-37)45-23-11-9-21-41(45)42-22-10-12-24-46(42)54/h1-34H. The van der Waals surface area contributed by atoms with E-state index in [1.54, 1.807) is 0 Å². The molecule has 0 amide bonds. The van der Waals surface area contributed by atoms with Crippen molar-refractivity contribution in [2.45, 2.75) is 10.8 Å². The SMILES string of the molecule is c1ccc(C2(c3ccccc3)c3ccccc3Oc3cc(-c4ccc5c(c4)C4(c6ccccc6-c6ccccc64)c4cc6ccccc6cc4-5)ccc32)cc1. The van der Waals surface area contributed by atoms with Gasteiger partial charge in [0, 0.05) is 11.1 Å². The average Bonchev–Trinajstić information content (AvgIpc) is 3.71. The van der Waals surface area contributed by atoms with E-state index >= 15 is 0 Å². The van der Waals surface area contributed by atoms with Crippen molar-refractivity contribution in [2.24, 2.45) is 0 Å². The van der Waals surface area contributed by atoms with Crippen LogP contribution in [0.2, 0.25) is 0 Å². The summed E-state index contributed by atoms with van der Waals surface area (Å²) in [7, 11) is 0. The highest BCUT2D eigenvalue weighted by molar-refractivity contribution is 6.00. The number of fused-ring (bicyclic) bond motifs is 13. The molecule has 0 fully saturated rings. The third kappa shape index (κ3) is 3.97. The highest BCUT2D eigenvalue weighted by atomic mass is 16.5. The topological polar surface area (TPSA) is 9.23 Å². The Morgan fingerprint density at radius 3 is 1.45 bits per heavy atom. The Balaban J connectivity index is 1.11. The fourth-order valence-corrected chi connectivity index (χ4v) is 10.4. The monoisotopic (exact) mass is 698 g/mol. The molecule has 1 nitrogen and oxygen atoms in total. The lowest BCUT2D eigenvalue weighted by Crippen LogP contribution is -2.34. The van der Waals surface area contributed by atoms with Crippen LogP contribution < -0.4 is 4.74 Å². The Labute approximate surface area is 320 Å². The molecule has 0 aromatic heterocycles. The molecular formula is C54H34O. The molecular weight excluding hydrogens is 665 g/mol. The molecule has 1 heteroatoms. The Kier molecular flexibility index (Phi) is 6.25. The molecule has 1 heterocycles. The Bertz CT molecular complexity index is 2930. The molecule has 0 unspecified atom stereocenters. The van der Waals surface area contributed by atoms with Crippen molar-refractivity contribution >= 4 is 10.8 Å². The first-order chi connectivity index (χ1) is 27.3. The molecule has 12 rings (SSSR count). The number of hydrogen-bond acceptors (Lipinski definition) is 1. The number of para-hydroxylation sites is 1. The van der Waals surface area contributed by atoms with Gasteiger partial charge in [0.15, 0.2) is 0 Å². The van der Waals surface area contributed by atoms with E-state index in [4.69, 9.17) is 4.74 Å². The van der Waals surface area contributed by atoms with Gasteiger partial charge in [0.1, 0.15) is 11.5 Å². The molecule has 1 aliphatic heterocycles. The van der Waals surface area contributed by atoms with Gasteiger partial charge in [-0.15, -0.1) is 0 Å². The fraction of sp³-hybridized carbons (Fsp3) is 0.0370. The first-order valence-corrected chi connectivity index (χ1v) is 19.2. The van der Waals surface area contributed by atoms with Gasteiger partial charge in [-0.2, -0.15) is 0 Å². The third-order valence-corrected chi connectivity index (χ3v) is 12.6. The zero-order chi connectivity index (χ0) is 36.1. The summed E-state index contributed by atoms with van der Waals surface area (Å²) in [5.41, 5.74) is 16.7. The molecule has 256 valence electrons. The van der Waals surface area contributed by atoms with Crippen LogP contribution in [0.5, 0.6) is 11.5 Å². The lowest BCUT2D eigenvalue weighted by Gasteiger charge is -2.41. The van der Waals surface area contributed by atoms with E-state index in [0.29, 0.717) is 0 Å². The van der Waals surface area contributed by atoms with Crippen LogP contribution in [-0.2, 0) is 10.8 Å². The van der Waals surface area contributed by atoms with E-state index in [9.17, 15) is 0 Å². The summed E-state index contributed by atoms with van der Waals surface area (Å²) >= 11 is 0. The van der Waals surface area contributed by atoms with Crippen LogP contribution in [0.15, 0.2) is 206 Å². The molecule has 3 aliphatic rings. The number of ether oxygens (including phenoxy) is 1. The van der Waals surface area contributed by atoms with Crippen LogP contribution in [0.1, 0.15) is 44.5 Å². The van der Waals surface area contributed by atoms with Crippen molar-refractivity contribution in [2.75, 3.05) is 0 Å². The van der Waals surface area contributed by atoms with Gasteiger partial charge in [0.05, 0.1) is 10.8 Å². The molecule has 9 aromatic carbocycles. The highest BCUT2D eigenvalue weighted by Gasteiger charge is 2.52. The van der Waals surface area contributed by atoms with Crippen molar-refractivity contribution in [3.8, 4) is 44.9 Å². The number of benzene rings is 9. The van der Waals surface area contributed by atoms with E-state index in [0.717, 1.165) is 28.2 Å². The summed E-state index contributed by atoms with van der Waals surface area (Å²) in [6.07, 6.45) is 0.